The predicted molar refractivity (Wildman–Crippen MR) is 366 cm³/mol. The molecule has 0 aliphatic carbocycles. The van der Waals surface area contributed by atoms with Gasteiger partial charge in [0.2, 0.25) is 5.91 Å². The van der Waals surface area contributed by atoms with Gasteiger partial charge in [0.1, 0.15) is 0 Å². The molecular formula is C77H151NO5. The van der Waals surface area contributed by atoms with Crippen molar-refractivity contribution in [1.82, 2.24) is 5.32 Å². The largest absolute Gasteiger partial charge is 0.466 e. The van der Waals surface area contributed by atoms with Crippen LogP contribution in [0.15, 0.2) is 12.2 Å². The Morgan fingerprint density at radius 1 is 0.325 bits per heavy atom. The highest BCUT2D eigenvalue weighted by Crippen LogP contribution is 2.20. The quantitative estimate of drug-likeness (QED) is 0.0320. The molecule has 0 aromatic rings. The van der Waals surface area contributed by atoms with E-state index in [0.29, 0.717) is 25.9 Å². The van der Waals surface area contributed by atoms with Crippen molar-refractivity contribution in [2.45, 2.75) is 456 Å². The Morgan fingerprint density at radius 2 is 0.566 bits per heavy atom. The average Bonchev–Trinajstić information content (AvgIpc) is 3.49. The summed E-state index contributed by atoms with van der Waals surface area (Å²) >= 11 is 0. The molecule has 494 valence electrons. The topological polar surface area (TPSA) is 95.9 Å². The van der Waals surface area contributed by atoms with E-state index in [1.54, 1.807) is 0 Å². The highest BCUT2D eigenvalue weighted by molar-refractivity contribution is 5.76. The van der Waals surface area contributed by atoms with Crippen LogP contribution in [0.1, 0.15) is 444 Å². The normalized spacial score (nSPS) is 12.5. The number of carbonyl (C=O) groups excluding carboxylic acids is 2. The third-order valence-electron chi connectivity index (χ3n) is 18.3. The molecule has 0 spiro atoms. The molecule has 0 aromatic heterocycles. The summed E-state index contributed by atoms with van der Waals surface area (Å²) < 4.78 is 5.52. The summed E-state index contributed by atoms with van der Waals surface area (Å²) in [5, 5.41) is 23.3. The smallest absolute Gasteiger partial charge is 0.305 e. The van der Waals surface area contributed by atoms with Crippen molar-refractivity contribution in [1.29, 1.82) is 0 Å². The number of esters is 1. The van der Waals surface area contributed by atoms with Gasteiger partial charge in [-0.05, 0) is 51.4 Å². The van der Waals surface area contributed by atoms with Crippen LogP contribution in [0.25, 0.3) is 0 Å². The van der Waals surface area contributed by atoms with E-state index in [2.05, 4.69) is 31.3 Å². The maximum absolute atomic E-state index is 12.5. The minimum Gasteiger partial charge on any atom is -0.466 e. The number of amides is 1. The minimum absolute atomic E-state index is 0.0261. The predicted octanol–water partition coefficient (Wildman–Crippen LogP) is 25.1. The molecule has 1 amide bonds. The van der Waals surface area contributed by atoms with Gasteiger partial charge in [0.05, 0.1) is 25.4 Å². The summed E-state index contributed by atoms with van der Waals surface area (Å²) in [6, 6.07) is -0.537. The second-order valence-corrected chi connectivity index (χ2v) is 26.7. The van der Waals surface area contributed by atoms with Crippen LogP contribution in [-0.4, -0.2) is 47.4 Å². The zero-order chi connectivity index (χ0) is 59.9. The molecule has 83 heavy (non-hydrogen) atoms. The lowest BCUT2D eigenvalue weighted by molar-refractivity contribution is -0.143. The minimum atomic E-state index is -0.660. The van der Waals surface area contributed by atoms with Crippen molar-refractivity contribution in [3.05, 3.63) is 12.2 Å². The van der Waals surface area contributed by atoms with Gasteiger partial charge >= 0.3 is 5.97 Å². The fourth-order valence-electron chi connectivity index (χ4n) is 12.5. The first-order chi connectivity index (χ1) is 41.0. The number of rotatable bonds is 73. The lowest BCUT2D eigenvalue weighted by Crippen LogP contribution is -2.45. The third-order valence-corrected chi connectivity index (χ3v) is 18.3. The molecular weight excluding hydrogens is 1020 g/mol. The van der Waals surface area contributed by atoms with Crippen LogP contribution >= 0.6 is 0 Å². The number of nitrogens with one attached hydrogen (secondary N) is 1. The van der Waals surface area contributed by atoms with Crippen LogP contribution < -0.4 is 5.32 Å². The molecule has 0 heterocycles. The summed E-state index contributed by atoms with van der Waals surface area (Å²) in [6.07, 6.45) is 91.6. The van der Waals surface area contributed by atoms with Gasteiger partial charge in [-0.2, -0.15) is 0 Å². The Kier molecular flexibility index (Phi) is 71.8. The van der Waals surface area contributed by atoms with Crippen LogP contribution in [0.4, 0.5) is 0 Å². The summed E-state index contributed by atoms with van der Waals surface area (Å²) in [5.74, 6) is -0.00305. The molecule has 6 nitrogen and oxygen atoms in total. The van der Waals surface area contributed by atoms with E-state index in [1.165, 1.54) is 372 Å². The first kappa shape index (κ1) is 81.6. The molecule has 0 saturated heterocycles. The standard InChI is InChI=1S/C77H151NO5/c1-3-5-7-9-11-13-15-17-18-19-37-41-44-47-51-55-59-63-67-71-77(82)83-72-68-64-60-56-52-48-45-42-39-36-34-32-30-28-26-24-22-20-21-23-25-27-29-31-33-35-38-40-43-46-50-54-58-62-66-70-76(81)78-74(73-79)75(80)69-65-61-57-53-49-16-14-12-10-8-6-4-2/h22,24,74-75,79-80H,3-21,23,25-73H2,1-2H3,(H,78,81)/b24-22-. The van der Waals surface area contributed by atoms with Crippen molar-refractivity contribution in [3.63, 3.8) is 0 Å². The summed E-state index contributed by atoms with van der Waals surface area (Å²) in [6.45, 7) is 5.00. The number of carbonyl (C=O) groups is 2. The Morgan fingerprint density at radius 3 is 0.855 bits per heavy atom. The number of hydrogen-bond donors (Lipinski definition) is 3. The summed E-state index contributed by atoms with van der Waals surface area (Å²) in [4.78, 5) is 24.6. The van der Waals surface area contributed by atoms with Gasteiger partial charge < -0.3 is 20.3 Å². The molecule has 6 heteroatoms. The Hall–Kier alpha value is -1.40. The fraction of sp³-hybridized carbons (Fsp3) is 0.948. The number of aliphatic hydroxyl groups is 2. The van der Waals surface area contributed by atoms with Crippen LogP contribution in [0.3, 0.4) is 0 Å². The van der Waals surface area contributed by atoms with E-state index >= 15 is 0 Å². The van der Waals surface area contributed by atoms with Crippen molar-refractivity contribution in [3.8, 4) is 0 Å². The Balaban J connectivity index is 3.30. The molecule has 0 aromatic carbocycles. The monoisotopic (exact) mass is 1170 g/mol. The van der Waals surface area contributed by atoms with Crippen molar-refractivity contribution < 1.29 is 24.5 Å². The molecule has 0 radical (unpaired) electrons. The van der Waals surface area contributed by atoms with Gasteiger partial charge in [-0.25, -0.2) is 0 Å². The molecule has 0 bridgehead atoms. The van der Waals surface area contributed by atoms with Gasteiger partial charge in [-0.15, -0.1) is 0 Å². The van der Waals surface area contributed by atoms with Gasteiger partial charge in [0.25, 0.3) is 0 Å². The Bertz CT molecular complexity index is 1260. The fourth-order valence-corrected chi connectivity index (χ4v) is 12.5. The zero-order valence-corrected chi connectivity index (χ0v) is 56.7. The van der Waals surface area contributed by atoms with E-state index in [0.717, 1.165) is 38.5 Å². The van der Waals surface area contributed by atoms with Crippen LogP contribution in [0, 0.1) is 0 Å². The zero-order valence-electron chi connectivity index (χ0n) is 56.7. The molecule has 0 aliphatic heterocycles. The van der Waals surface area contributed by atoms with Crippen molar-refractivity contribution >= 4 is 11.9 Å². The van der Waals surface area contributed by atoms with Crippen LogP contribution in [-0.2, 0) is 14.3 Å². The Labute approximate surface area is 520 Å². The molecule has 0 aliphatic rings. The lowest BCUT2D eigenvalue weighted by Gasteiger charge is -2.22. The number of allylic oxidation sites excluding steroid dienone is 2. The molecule has 0 saturated carbocycles. The molecule has 0 rings (SSSR count). The molecule has 3 N–H and O–H groups in total. The second-order valence-electron chi connectivity index (χ2n) is 26.7. The van der Waals surface area contributed by atoms with Gasteiger partial charge in [0.15, 0.2) is 0 Å². The van der Waals surface area contributed by atoms with Gasteiger partial charge in [-0.3, -0.25) is 9.59 Å². The first-order valence-corrected chi connectivity index (χ1v) is 38.4. The highest BCUT2D eigenvalue weighted by atomic mass is 16.5. The van der Waals surface area contributed by atoms with Gasteiger partial charge in [-0.1, -0.05) is 392 Å². The lowest BCUT2D eigenvalue weighted by atomic mass is 10.0. The summed E-state index contributed by atoms with van der Waals surface area (Å²) in [5.41, 5.74) is 0. The van der Waals surface area contributed by atoms with E-state index in [1.807, 2.05) is 0 Å². The van der Waals surface area contributed by atoms with Gasteiger partial charge in [0, 0.05) is 12.8 Å². The number of unbranched alkanes of at least 4 members (excludes halogenated alkanes) is 60. The SMILES string of the molecule is CCCCCCCCCCCCCCCCCCCCCC(=O)OCCCCCCCCCCCCCCCC/C=C\CCCCCCCCCCCCCCCCCCCC(=O)NC(CO)C(O)CCCCCCCCCCCCCC. The van der Waals surface area contributed by atoms with Crippen LogP contribution in [0.5, 0.6) is 0 Å². The number of aliphatic hydroxyl groups excluding tert-OH is 2. The molecule has 2 unspecified atom stereocenters. The maximum Gasteiger partial charge on any atom is 0.305 e. The van der Waals surface area contributed by atoms with E-state index in [4.69, 9.17) is 4.74 Å². The maximum atomic E-state index is 12.5. The average molecular weight is 1170 g/mol. The van der Waals surface area contributed by atoms with E-state index in [9.17, 15) is 19.8 Å². The number of ether oxygens (including phenoxy) is 1. The molecule has 0 fully saturated rings. The number of hydrogen-bond acceptors (Lipinski definition) is 5. The van der Waals surface area contributed by atoms with E-state index in [-0.39, 0.29) is 18.5 Å². The molecule has 2 atom stereocenters. The second kappa shape index (κ2) is 73.1. The van der Waals surface area contributed by atoms with Crippen molar-refractivity contribution in [2.24, 2.45) is 0 Å². The van der Waals surface area contributed by atoms with E-state index < -0.39 is 12.1 Å². The summed E-state index contributed by atoms with van der Waals surface area (Å²) in [7, 11) is 0. The third kappa shape index (κ3) is 69.6. The highest BCUT2D eigenvalue weighted by Gasteiger charge is 2.20. The van der Waals surface area contributed by atoms with Crippen LogP contribution in [0.2, 0.25) is 0 Å². The first-order valence-electron chi connectivity index (χ1n) is 38.4. The van der Waals surface area contributed by atoms with Crippen molar-refractivity contribution in [2.75, 3.05) is 13.2 Å².